The van der Waals surface area contributed by atoms with E-state index >= 15 is 0 Å². The van der Waals surface area contributed by atoms with Crippen molar-refractivity contribution in [1.82, 2.24) is 9.97 Å². The zero-order valence-corrected chi connectivity index (χ0v) is 20.5. The lowest BCUT2D eigenvalue weighted by atomic mass is 9.95. The summed E-state index contributed by atoms with van der Waals surface area (Å²) in [5.41, 5.74) is 1.66. The number of hydrogen-bond acceptors (Lipinski definition) is 8. The molecule has 1 atom stereocenters. The van der Waals surface area contributed by atoms with Crippen molar-refractivity contribution in [1.29, 1.82) is 0 Å². The second kappa shape index (κ2) is 9.79. The minimum atomic E-state index is -0.898. The maximum Gasteiger partial charge on any atom is 0.301 e. The zero-order valence-electron chi connectivity index (χ0n) is 19.7. The molecule has 36 heavy (non-hydrogen) atoms. The number of hydrogen-bond donors (Lipinski definition) is 1. The van der Waals surface area contributed by atoms with Gasteiger partial charge >= 0.3 is 5.91 Å². The summed E-state index contributed by atoms with van der Waals surface area (Å²) >= 11 is 1.28. The third kappa shape index (κ3) is 4.18. The van der Waals surface area contributed by atoms with E-state index in [4.69, 9.17) is 9.47 Å². The topological polar surface area (TPSA) is 102 Å². The molecule has 0 bridgehead atoms. The highest BCUT2D eigenvalue weighted by Gasteiger charge is 2.48. The summed E-state index contributed by atoms with van der Waals surface area (Å²) < 4.78 is 12.1. The van der Waals surface area contributed by atoms with Crippen molar-refractivity contribution in [3.05, 3.63) is 83.7 Å². The van der Waals surface area contributed by atoms with Crippen LogP contribution in [0.5, 0.6) is 11.5 Å². The molecule has 5 rings (SSSR count). The van der Waals surface area contributed by atoms with E-state index < -0.39 is 17.7 Å². The van der Waals surface area contributed by atoms with Crippen LogP contribution in [0.15, 0.2) is 72.6 Å². The van der Waals surface area contributed by atoms with E-state index in [1.54, 1.807) is 36.4 Å². The average molecular weight is 502 g/mol. The molecule has 2 aromatic heterocycles. The lowest BCUT2D eigenvalue weighted by molar-refractivity contribution is -0.132. The van der Waals surface area contributed by atoms with Crippen molar-refractivity contribution < 1.29 is 24.2 Å². The first-order chi connectivity index (χ1) is 17.5. The Kier molecular flexibility index (Phi) is 6.39. The maximum absolute atomic E-state index is 13.4. The zero-order chi connectivity index (χ0) is 25.2. The van der Waals surface area contributed by atoms with Gasteiger partial charge in [-0.25, -0.2) is 4.98 Å². The van der Waals surface area contributed by atoms with Gasteiger partial charge in [0, 0.05) is 18.0 Å². The van der Waals surface area contributed by atoms with Crippen molar-refractivity contribution in [3.63, 3.8) is 0 Å². The molecule has 0 spiro atoms. The van der Waals surface area contributed by atoms with Gasteiger partial charge in [-0.3, -0.25) is 19.5 Å². The fourth-order valence-corrected chi connectivity index (χ4v) is 5.22. The third-order valence-electron chi connectivity index (χ3n) is 5.75. The SMILES string of the molecule is CCOc1cccc(C2C(=C(O)c3ccncc3)C(=O)C(=O)N2c2nc3ccc(OCC)cc3s2)c1. The molecule has 1 saturated heterocycles. The fraction of sp³-hybridized carbons (Fsp3) is 0.185. The monoisotopic (exact) mass is 501 g/mol. The summed E-state index contributed by atoms with van der Waals surface area (Å²) in [6.45, 7) is 4.76. The maximum atomic E-state index is 13.4. The molecule has 1 fully saturated rings. The number of carbonyl (C=O) groups excluding carboxylic acids is 2. The molecule has 3 heterocycles. The number of aliphatic hydroxyl groups is 1. The van der Waals surface area contributed by atoms with Gasteiger partial charge in [0.05, 0.1) is 35.0 Å². The molecule has 9 heteroatoms. The number of aromatic nitrogens is 2. The van der Waals surface area contributed by atoms with E-state index in [-0.39, 0.29) is 11.3 Å². The molecule has 1 N–H and O–H groups in total. The van der Waals surface area contributed by atoms with E-state index in [0.717, 1.165) is 4.70 Å². The van der Waals surface area contributed by atoms with Crippen LogP contribution >= 0.6 is 11.3 Å². The molecule has 0 saturated carbocycles. The van der Waals surface area contributed by atoms with Gasteiger partial charge in [0.25, 0.3) is 5.78 Å². The van der Waals surface area contributed by atoms with Crippen LogP contribution in [-0.2, 0) is 9.59 Å². The van der Waals surface area contributed by atoms with E-state index in [9.17, 15) is 14.7 Å². The second-order valence-corrected chi connectivity index (χ2v) is 8.98. The van der Waals surface area contributed by atoms with Crippen LogP contribution in [0, 0.1) is 0 Å². The molecule has 0 radical (unpaired) electrons. The summed E-state index contributed by atoms with van der Waals surface area (Å²) in [4.78, 5) is 36.8. The van der Waals surface area contributed by atoms with Gasteiger partial charge in [0.1, 0.15) is 17.3 Å². The number of Topliss-reactive ketones (excluding diaryl/α,β-unsaturated/α-hetero) is 1. The Morgan fingerprint density at radius 2 is 1.72 bits per heavy atom. The molecule has 4 aromatic rings. The first-order valence-electron chi connectivity index (χ1n) is 11.5. The highest BCUT2D eigenvalue weighted by atomic mass is 32.1. The Hall–Kier alpha value is -4.24. The molecule has 182 valence electrons. The Morgan fingerprint density at radius 1 is 1.00 bits per heavy atom. The van der Waals surface area contributed by atoms with Gasteiger partial charge in [-0.05, 0) is 61.9 Å². The molecule has 2 aromatic carbocycles. The van der Waals surface area contributed by atoms with Gasteiger partial charge in [-0.1, -0.05) is 23.5 Å². The predicted octanol–water partition coefficient (Wildman–Crippen LogP) is 5.12. The summed E-state index contributed by atoms with van der Waals surface area (Å²) in [5, 5.41) is 11.5. The van der Waals surface area contributed by atoms with E-state index in [2.05, 4.69) is 9.97 Å². The van der Waals surface area contributed by atoms with Crippen LogP contribution in [0.1, 0.15) is 31.0 Å². The van der Waals surface area contributed by atoms with E-state index in [0.29, 0.717) is 46.5 Å². The Morgan fingerprint density at radius 3 is 2.44 bits per heavy atom. The number of amides is 1. The quantitative estimate of drug-likeness (QED) is 0.213. The number of aliphatic hydroxyl groups excluding tert-OH is 1. The number of ketones is 1. The number of ether oxygens (including phenoxy) is 2. The minimum Gasteiger partial charge on any atom is -0.507 e. The number of pyridine rings is 1. The number of nitrogens with zero attached hydrogens (tertiary/aromatic N) is 3. The first kappa shape index (κ1) is 23.5. The summed E-state index contributed by atoms with van der Waals surface area (Å²) in [5.74, 6) is -0.534. The standard InChI is InChI=1S/C27H23N3O5S/c1-3-34-18-7-5-6-17(14-18)23-22(24(31)16-10-12-28-13-11-16)25(32)26(33)30(23)27-29-20-9-8-19(35-4-2)15-21(20)36-27/h5-15,23,31H,3-4H2,1-2H3. The van der Waals surface area contributed by atoms with Crippen LogP contribution in [0.3, 0.4) is 0 Å². The van der Waals surface area contributed by atoms with Crippen molar-refractivity contribution >= 4 is 44.1 Å². The Balaban J connectivity index is 1.69. The molecule has 1 aliphatic heterocycles. The number of benzene rings is 2. The molecule has 1 aliphatic rings. The highest BCUT2D eigenvalue weighted by molar-refractivity contribution is 7.22. The van der Waals surface area contributed by atoms with Gasteiger partial charge in [-0.15, -0.1) is 0 Å². The lowest BCUT2D eigenvalue weighted by Crippen LogP contribution is -2.29. The van der Waals surface area contributed by atoms with E-state index in [1.165, 1.54) is 28.6 Å². The van der Waals surface area contributed by atoms with Crippen LogP contribution in [0.25, 0.3) is 16.0 Å². The van der Waals surface area contributed by atoms with Crippen LogP contribution < -0.4 is 14.4 Å². The number of thiazole rings is 1. The number of anilines is 1. The molecule has 8 nitrogen and oxygen atoms in total. The van der Waals surface area contributed by atoms with Crippen molar-refractivity contribution in [2.75, 3.05) is 18.1 Å². The third-order valence-corrected chi connectivity index (χ3v) is 6.77. The van der Waals surface area contributed by atoms with Gasteiger partial charge in [0.2, 0.25) is 0 Å². The van der Waals surface area contributed by atoms with Gasteiger partial charge < -0.3 is 14.6 Å². The Bertz CT molecular complexity index is 1480. The minimum absolute atomic E-state index is 0.0193. The largest absolute Gasteiger partial charge is 0.507 e. The molecule has 0 aliphatic carbocycles. The summed E-state index contributed by atoms with van der Waals surface area (Å²) in [6.07, 6.45) is 3.03. The normalized spacial score (nSPS) is 17.1. The Labute approximate surface area is 211 Å². The van der Waals surface area contributed by atoms with Crippen molar-refractivity contribution in [3.8, 4) is 11.5 Å². The van der Waals surface area contributed by atoms with E-state index in [1.807, 2.05) is 32.0 Å². The summed E-state index contributed by atoms with van der Waals surface area (Å²) in [6, 6.07) is 14.9. The second-order valence-electron chi connectivity index (χ2n) is 7.97. The van der Waals surface area contributed by atoms with Crippen molar-refractivity contribution in [2.45, 2.75) is 19.9 Å². The highest BCUT2D eigenvalue weighted by Crippen LogP contribution is 2.45. The predicted molar refractivity (Wildman–Crippen MR) is 137 cm³/mol. The smallest absolute Gasteiger partial charge is 0.301 e. The number of carbonyl (C=O) groups is 2. The van der Waals surface area contributed by atoms with Crippen molar-refractivity contribution in [2.24, 2.45) is 0 Å². The average Bonchev–Trinajstić information content (AvgIpc) is 3.42. The fourth-order valence-electron chi connectivity index (χ4n) is 4.20. The lowest BCUT2D eigenvalue weighted by Gasteiger charge is -2.23. The van der Waals surface area contributed by atoms with Gasteiger partial charge in [0.15, 0.2) is 5.13 Å². The molecular formula is C27H23N3O5S. The number of fused-ring (bicyclic) bond motifs is 1. The molecule has 1 amide bonds. The molecule has 1 unspecified atom stereocenters. The molecular weight excluding hydrogens is 478 g/mol. The van der Waals surface area contributed by atoms with Crippen LogP contribution in [-0.4, -0.2) is 40.0 Å². The van der Waals surface area contributed by atoms with Gasteiger partial charge in [-0.2, -0.15) is 0 Å². The van der Waals surface area contributed by atoms with Crippen LogP contribution in [0.2, 0.25) is 0 Å². The number of rotatable bonds is 7. The first-order valence-corrected chi connectivity index (χ1v) is 12.3. The summed E-state index contributed by atoms with van der Waals surface area (Å²) in [7, 11) is 0. The van der Waals surface area contributed by atoms with Crippen LogP contribution in [0.4, 0.5) is 5.13 Å².